The fourth-order valence-electron chi connectivity index (χ4n) is 2.07. The number of ether oxygens (including phenoxy) is 2. The van der Waals surface area contributed by atoms with Gasteiger partial charge >= 0.3 is 0 Å². The summed E-state index contributed by atoms with van der Waals surface area (Å²) < 4.78 is 10.5. The Labute approximate surface area is 113 Å². The molecule has 0 spiro atoms. The Morgan fingerprint density at radius 2 is 2.00 bits per heavy atom. The Hall–Kier alpha value is -1.75. The van der Waals surface area contributed by atoms with Crippen LogP contribution in [0, 0.1) is 6.92 Å². The summed E-state index contributed by atoms with van der Waals surface area (Å²) in [5.41, 5.74) is 1.70. The summed E-state index contributed by atoms with van der Waals surface area (Å²) >= 11 is 0. The van der Waals surface area contributed by atoms with Gasteiger partial charge in [-0.3, -0.25) is 4.79 Å². The minimum atomic E-state index is -0.432. The van der Waals surface area contributed by atoms with Gasteiger partial charge in [-0.25, -0.2) is 0 Å². The van der Waals surface area contributed by atoms with Crippen molar-refractivity contribution >= 4 is 5.91 Å². The monoisotopic (exact) mass is 267 g/mol. The van der Waals surface area contributed by atoms with Gasteiger partial charge in [-0.15, -0.1) is 0 Å². The van der Waals surface area contributed by atoms with Gasteiger partial charge in [0.1, 0.15) is 11.5 Å². The number of benzene rings is 1. The predicted molar refractivity (Wildman–Crippen MR) is 72.6 cm³/mol. The molecule has 0 bridgehead atoms. The van der Waals surface area contributed by atoms with Crippen LogP contribution in [0.2, 0.25) is 0 Å². The minimum absolute atomic E-state index is 0.115. The molecule has 0 aromatic heterocycles. The highest BCUT2D eigenvalue weighted by Crippen LogP contribution is 2.35. The van der Waals surface area contributed by atoms with Crippen molar-refractivity contribution in [2.75, 3.05) is 27.9 Å². The van der Waals surface area contributed by atoms with E-state index in [4.69, 9.17) is 9.47 Å². The molecule has 0 aliphatic rings. The summed E-state index contributed by atoms with van der Waals surface area (Å²) in [4.78, 5) is 13.0. The van der Waals surface area contributed by atoms with Crippen LogP contribution in [-0.2, 0) is 4.79 Å². The zero-order valence-electron chi connectivity index (χ0n) is 12.1. The number of likely N-dealkylation sites (N-methyl/N-ethyl adjacent to an activating group) is 1. The van der Waals surface area contributed by atoms with E-state index < -0.39 is 6.04 Å². The number of aryl methyl sites for hydroxylation is 1. The summed E-state index contributed by atoms with van der Waals surface area (Å²) in [6.07, 6.45) is 0. The van der Waals surface area contributed by atoms with Crippen LogP contribution < -0.4 is 9.47 Å². The van der Waals surface area contributed by atoms with Gasteiger partial charge < -0.3 is 19.5 Å². The second kappa shape index (κ2) is 6.43. The van der Waals surface area contributed by atoms with Crippen molar-refractivity contribution in [2.45, 2.75) is 19.9 Å². The first-order valence-electron chi connectivity index (χ1n) is 6.03. The minimum Gasteiger partial charge on any atom is -0.497 e. The van der Waals surface area contributed by atoms with Crippen LogP contribution in [0.15, 0.2) is 12.1 Å². The predicted octanol–water partition coefficient (Wildman–Crippen LogP) is 1.52. The number of carbonyl (C=O) groups is 1. The molecule has 5 heteroatoms. The van der Waals surface area contributed by atoms with Gasteiger partial charge in [-0.1, -0.05) is 0 Å². The highest BCUT2D eigenvalue weighted by atomic mass is 16.5. The largest absolute Gasteiger partial charge is 0.497 e. The van der Waals surface area contributed by atoms with E-state index >= 15 is 0 Å². The summed E-state index contributed by atoms with van der Waals surface area (Å²) in [6.45, 7) is 3.20. The lowest BCUT2D eigenvalue weighted by atomic mass is 9.99. The fraction of sp³-hybridized carbons (Fsp3) is 0.500. The molecule has 1 aromatic carbocycles. The molecule has 0 heterocycles. The van der Waals surface area contributed by atoms with E-state index in [0.29, 0.717) is 11.5 Å². The standard InChI is InChI=1S/C14H21NO4/c1-9-6-11(18-4)7-13(19-5)14(9)12(8-16)15(3)10(2)17/h6-7,12,16H,8H2,1-5H3. The quantitative estimate of drug-likeness (QED) is 0.879. The molecule has 0 fully saturated rings. The second-order valence-electron chi connectivity index (χ2n) is 4.39. The average molecular weight is 267 g/mol. The van der Waals surface area contributed by atoms with Crippen LogP contribution in [0.5, 0.6) is 11.5 Å². The Balaban J connectivity index is 3.34. The van der Waals surface area contributed by atoms with Gasteiger partial charge in [-0.05, 0) is 18.6 Å². The lowest BCUT2D eigenvalue weighted by molar-refractivity contribution is -0.130. The van der Waals surface area contributed by atoms with Crippen molar-refractivity contribution in [1.82, 2.24) is 4.90 Å². The lowest BCUT2D eigenvalue weighted by Crippen LogP contribution is -2.32. The molecule has 5 nitrogen and oxygen atoms in total. The molecule has 1 amide bonds. The molecule has 0 radical (unpaired) electrons. The number of carbonyl (C=O) groups excluding carboxylic acids is 1. The molecule has 0 aliphatic carbocycles. The number of rotatable bonds is 5. The molecule has 1 N–H and O–H groups in total. The number of nitrogens with zero attached hydrogens (tertiary/aromatic N) is 1. The van der Waals surface area contributed by atoms with E-state index in [1.54, 1.807) is 27.3 Å². The Bertz CT molecular complexity index is 459. The molecular weight excluding hydrogens is 246 g/mol. The Kier molecular flexibility index (Phi) is 5.18. The molecule has 0 saturated heterocycles. The maximum Gasteiger partial charge on any atom is 0.219 e. The third-order valence-corrected chi connectivity index (χ3v) is 3.25. The number of amides is 1. The lowest BCUT2D eigenvalue weighted by Gasteiger charge is -2.28. The van der Waals surface area contributed by atoms with Gasteiger partial charge in [0.25, 0.3) is 0 Å². The highest BCUT2D eigenvalue weighted by Gasteiger charge is 2.24. The zero-order chi connectivity index (χ0) is 14.6. The van der Waals surface area contributed by atoms with Gasteiger partial charge in [0.2, 0.25) is 5.91 Å². The fourth-order valence-corrected chi connectivity index (χ4v) is 2.07. The summed E-state index contributed by atoms with van der Waals surface area (Å²) in [5.74, 6) is 1.17. The molecule has 0 aliphatic heterocycles. The Morgan fingerprint density at radius 3 is 2.42 bits per heavy atom. The van der Waals surface area contributed by atoms with E-state index in [1.807, 2.05) is 13.0 Å². The van der Waals surface area contributed by atoms with Crippen molar-refractivity contribution in [3.05, 3.63) is 23.3 Å². The van der Waals surface area contributed by atoms with Gasteiger partial charge in [0.05, 0.1) is 26.9 Å². The third kappa shape index (κ3) is 3.17. The number of methoxy groups -OCH3 is 2. The van der Waals surface area contributed by atoms with E-state index in [9.17, 15) is 9.90 Å². The van der Waals surface area contributed by atoms with Crippen molar-refractivity contribution in [1.29, 1.82) is 0 Å². The molecule has 1 aromatic rings. The maximum atomic E-state index is 11.5. The Morgan fingerprint density at radius 1 is 1.37 bits per heavy atom. The topological polar surface area (TPSA) is 59.0 Å². The molecule has 106 valence electrons. The van der Waals surface area contributed by atoms with Crippen molar-refractivity contribution in [2.24, 2.45) is 0 Å². The average Bonchev–Trinajstić information content (AvgIpc) is 2.40. The summed E-state index contributed by atoms with van der Waals surface area (Å²) in [6, 6.07) is 3.17. The number of aliphatic hydroxyl groups is 1. The molecule has 1 atom stereocenters. The van der Waals surface area contributed by atoms with Crippen LogP contribution in [0.3, 0.4) is 0 Å². The smallest absolute Gasteiger partial charge is 0.219 e. The van der Waals surface area contributed by atoms with E-state index in [1.165, 1.54) is 11.8 Å². The molecular formula is C14H21NO4. The highest BCUT2D eigenvalue weighted by molar-refractivity contribution is 5.73. The van der Waals surface area contributed by atoms with Gasteiger partial charge in [0, 0.05) is 25.6 Å². The SMILES string of the molecule is COc1cc(C)c(C(CO)N(C)C(C)=O)c(OC)c1. The van der Waals surface area contributed by atoms with E-state index in [-0.39, 0.29) is 12.5 Å². The third-order valence-electron chi connectivity index (χ3n) is 3.25. The molecule has 1 rings (SSSR count). The van der Waals surface area contributed by atoms with Crippen molar-refractivity contribution < 1.29 is 19.4 Å². The first-order valence-corrected chi connectivity index (χ1v) is 6.03. The van der Waals surface area contributed by atoms with Crippen molar-refractivity contribution in [3.8, 4) is 11.5 Å². The normalized spacial score (nSPS) is 11.9. The first-order chi connectivity index (χ1) is 8.96. The van der Waals surface area contributed by atoms with Gasteiger partial charge in [-0.2, -0.15) is 0 Å². The molecule has 1 unspecified atom stereocenters. The van der Waals surface area contributed by atoms with Gasteiger partial charge in [0.15, 0.2) is 0 Å². The zero-order valence-corrected chi connectivity index (χ0v) is 12.1. The van der Waals surface area contributed by atoms with Crippen LogP contribution in [0.4, 0.5) is 0 Å². The van der Waals surface area contributed by atoms with E-state index in [0.717, 1.165) is 11.1 Å². The molecule has 19 heavy (non-hydrogen) atoms. The number of hydrogen-bond acceptors (Lipinski definition) is 4. The van der Waals surface area contributed by atoms with Crippen LogP contribution >= 0.6 is 0 Å². The van der Waals surface area contributed by atoms with Crippen molar-refractivity contribution in [3.63, 3.8) is 0 Å². The van der Waals surface area contributed by atoms with Crippen LogP contribution in [0.1, 0.15) is 24.1 Å². The first kappa shape index (κ1) is 15.3. The molecule has 0 saturated carbocycles. The summed E-state index contributed by atoms with van der Waals surface area (Å²) in [5, 5.41) is 9.59. The van der Waals surface area contributed by atoms with E-state index in [2.05, 4.69) is 0 Å². The van der Waals surface area contributed by atoms with Crippen LogP contribution in [0.25, 0.3) is 0 Å². The van der Waals surface area contributed by atoms with Crippen LogP contribution in [-0.4, -0.2) is 43.8 Å². The number of hydrogen-bond donors (Lipinski definition) is 1. The number of aliphatic hydroxyl groups excluding tert-OH is 1. The second-order valence-corrected chi connectivity index (χ2v) is 4.39. The summed E-state index contributed by atoms with van der Waals surface area (Å²) in [7, 11) is 4.80. The maximum absolute atomic E-state index is 11.5.